The van der Waals surface area contributed by atoms with E-state index in [1.807, 2.05) is 35.9 Å². The predicted octanol–water partition coefficient (Wildman–Crippen LogP) is 2.55. The molecule has 0 saturated carbocycles. The average molecular weight is 355 g/mol. The first-order chi connectivity index (χ1) is 12.2. The van der Waals surface area contributed by atoms with Crippen LogP contribution in [0.2, 0.25) is 5.02 Å². The fraction of sp³-hybridized carbons (Fsp3) is 0.389. The molecule has 2 aliphatic rings. The summed E-state index contributed by atoms with van der Waals surface area (Å²) in [7, 11) is 0. The van der Waals surface area contributed by atoms with E-state index >= 15 is 0 Å². The number of nitrogens with zero attached hydrogens (tertiary/aromatic N) is 6. The van der Waals surface area contributed by atoms with E-state index < -0.39 is 0 Å². The van der Waals surface area contributed by atoms with Gasteiger partial charge in [0.2, 0.25) is 5.65 Å². The van der Waals surface area contributed by atoms with Crippen molar-refractivity contribution in [1.82, 2.24) is 24.5 Å². The number of piperazine rings is 1. The number of rotatable bonds is 3. The van der Waals surface area contributed by atoms with E-state index in [0.29, 0.717) is 12.1 Å². The molecule has 6 nitrogen and oxygen atoms in total. The Balaban J connectivity index is 1.36. The molecule has 2 fully saturated rings. The molecule has 7 heteroatoms. The van der Waals surface area contributed by atoms with Gasteiger partial charge in [-0.1, -0.05) is 23.7 Å². The van der Waals surface area contributed by atoms with Gasteiger partial charge in [-0.3, -0.25) is 9.30 Å². The molecule has 2 atom stereocenters. The molecular weight excluding hydrogens is 336 g/mol. The molecule has 2 bridgehead atoms. The van der Waals surface area contributed by atoms with E-state index in [1.165, 1.54) is 12.0 Å². The molecule has 2 saturated heterocycles. The molecule has 2 unspecified atom stereocenters. The first-order valence-electron chi connectivity index (χ1n) is 8.60. The van der Waals surface area contributed by atoms with Gasteiger partial charge in [-0.05, 0) is 31.0 Å². The summed E-state index contributed by atoms with van der Waals surface area (Å²) in [5.41, 5.74) is 2.17. The van der Waals surface area contributed by atoms with Crippen LogP contribution in [-0.4, -0.2) is 49.7 Å². The van der Waals surface area contributed by atoms with Gasteiger partial charge in [-0.25, -0.2) is 4.98 Å². The van der Waals surface area contributed by atoms with Crippen LogP contribution in [-0.2, 0) is 6.54 Å². The number of fused-ring (bicyclic) bond motifs is 3. The van der Waals surface area contributed by atoms with Crippen molar-refractivity contribution in [2.24, 2.45) is 0 Å². The first-order valence-corrected chi connectivity index (χ1v) is 8.98. The molecule has 0 aliphatic carbocycles. The van der Waals surface area contributed by atoms with Crippen molar-refractivity contribution in [3.05, 3.63) is 53.1 Å². The Kier molecular flexibility index (Phi) is 3.43. The maximum Gasteiger partial charge on any atom is 0.203 e. The smallest absolute Gasteiger partial charge is 0.203 e. The van der Waals surface area contributed by atoms with Crippen molar-refractivity contribution in [3.8, 4) is 0 Å². The van der Waals surface area contributed by atoms with Gasteiger partial charge in [0.15, 0.2) is 5.82 Å². The number of hydrogen-bond donors (Lipinski definition) is 0. The van der Waals surface area contributed by atoms with Crippen LogP contribution in [0, 0.1) is 6.92 Å². The van der Waals surface area contributed by atoms with Crippen LogP contribution in [0.5, 0.6) is 0 Å². The Morgan fingerprint density at radius 2 is 1.96 bits per heavy atom. The van der Waals surface area contributed by atoms with Gasteiger partial charge in [0.1, 0.15) is 5.82 Å². The first kappa shape index (κ1) is 15.1. The normalized spacial score (nSPS) is 23.0. The van der Waals surface area contributed by atoms with Crippen LogP contribution in [0.1, 0.15) is 17.8 Å². The van der Waals surface area contributed by atoms with Crippen LogP contribution < -0.4 is 4.90 Å². The summed E-state index contributed by atoms with van der Waals surface area (Å²) in [5, 5.41) is 9.31. The standard InChI is InChI=1S/C18H19ClN6/c1-12-21-22-18-17(20-6-7-24(12)18)25-11-15-8-16(25)10-23(15)9-13-2-4-14(19)5-3-13/h2-7,15-16H,8-11H2,1H3. The fourth-order valence-electron chi connectivity index (χ4n) is 4.16. The summed E-state index contributed by atoms with van der Waals surface area (Å²) >= 11 is 5.99. The lowest BCUT2D eigenvalue weighted by atomic mass is 10.2. The van der Waals surface area contributed by atoms with Crippen LogP contribution in [0.3, 0.4) is 0 Å². The molecule has 3 aromatic rings. The summed E-state index contributed by atoms with van der Waals surface area (Å²) < 4.78 is 2.01. The maximum absolute atomic E-state index is 5.99. The highest BCUT2D eigenvalue weighted by Gasteiger charge is 2.44. The molecule has 128 valence electrons. The van der Waals surface area contributed by atoms with Crippen LogP contribution in [0.25, 0.3) is 5.65 Å². The minimum Gasteiger partial charge on any atom is -0.348 e. The summed E-state index contributed by atoms with van der Waals surface area (Å²) in [6.45, 7) is 5.00. The topological polar surface area (TPSA) is 49.6 Å². The SMILES string of the molecule is Cc1nnc2c(N3CC4CC3CN4Cc3ccc(Cl)cc3)nccn12. The summed E-state index contributed by atoms with van der Waals surface area (Å²) in [6.07, 6.45) is 4.95. The second-order valence-electron chi connectivity index (χ2n) is 6.94. The lowest BCUT2D eigenvalue weighted by Crippen LogP contribution is -2.46. The zero-order valence-corrected chi connectivity index (χ0v) is 14.8. The van der Waals surface area contributed by atoms with Crippen molar-refractivity contribution < 1.29 is 0 Å². The van der Waals surface area contributed by atoms with Crippen molar-refractivity contribution in [3.63, 3.8) is 0 Å². The highest BCUT2D eigenvalue weighted by Crippen LogP contribution is 2.35. The van der Waals surface area contributed by atoms with Gasteiger partial charge >= 0.3 is 0 Å². The van der Waals surface area contributed by atoms with E-state index in [0.717, 1.165) is 41.9 Å². The third kappa shape index (κ3) is 2.48. The third-order valence-electron chi connectivity index (χ3n) is 5.40. The summed E-state index contributed by atoms with van der Waals surface area (Å²) in [6, 6.07) is 9.23. The highest BCUT2D eigenvalue weighted by atomic mass is 35.5. The number of hydrogen-bond acceptors (Lipinski definition) is 5. The van der Waals surface area contributed by atoms with Crippen molar-refractivity contribution in [1.29, 1.82) is 0 Å². The highest BCUT2D eigenvalue weighted by molar-refractivity contribution is 6.30. The number of likely N-dealkylation sites (tertiary alicyclic amines) is 1. The molecular formula is C18H19ClN6. The second kappa shape index (κ2) is 5.68. The average Bonchev–Trinajstić information content (AvgIpc) is 3.31. The Hall–Kier alpha value is -2.18. The lowest BCUT2D eigenvalue weighted by molar-refractivity contribution is 0.230. The van der Waals surface area contributed by atoms with Gasteiger partial charge < -0.3 is 4.90 Å². The number of halogens is 1. The van der Waals surface area contributed by atoms with Gasteiger partial charge in [0.25, 0.3) is 0 Å². The lowest BCUT2D eigenvalue weighted by Gasteiger charge is -2.34. The molecule has 0 N–H and O–H groups in total. The Morgan fingerprint density at radius 3 is 2.72 bits per heavy atom. The van der Waals surface area contributed by atoms with Crippen LogP contribution in [0.4, 0.5) is 5.82 Å². The Bertz CT molecular complexity index is 921. The van der Waals surface area contributed by atoms with Gasteiger partial charge in [-0.2, -0.15) is 0 Å². The van der Waals surface area contributed by atoms with E-state index in [-0.39, 0.29) is 0 Å². The third-order valence-corrected chi connectivity index (χ3v) is 5.66. The van der Waals surface area contributed by atoms with Gasteiger partial charge in [0, 0.05) is 49.1 Å². The second-order valence-corrected chi connectivity index (χ2v) is 7.38. The molecule has 1 aromatic carbocycles. The molecule has 0 spiro atoms. The fourth-order valence-corrected chi connectivity index (χ4v) is 4.28. The minimum atomic E-state index is 0.494. The number of aryl methyl sites for hydroxylation is 1. The van der Waals surface area contributed by atoms with E-state index in [4.69, 9.17) is 11.6 Å². The zero-order valence-electron chi connectivity index (χ0n) is 14.0. The maximum atomic E-state index is 5.99. The van der Waals surface area contributed by atoms with E-state index in [1.54, 1.807) is 0 Å². The van der Waals surface area contributed by atoms with Gasteiger partial charge in [-0.15, -0.1) is 10.2 Å². The molecule has 0 radical (unpaired) electrons. The Morgan fingerprint density at radius 1 is 1.12 bits per heavy atom. The number of aromatic nitrogens is 4. The minimum absolute atomic E-state index is 0.494. The van der Waals surface area contributed by atoms with E-state index in [9.17, 15) is 0 Å². The molecule has 5 rings (SSSR count). The predicted molar refractivity (Wildman–Crippen MR) is 96.9 cm³/mol. The summed E-state index contributed by atoms with van der Waals surface area (Å²) in [4.78, 5) is 9.59. The zero-order chi connectivity index (χ0) is 17.0. The van der Waals surface area contributed by atoms with Crippen LogP contribution >= 0.6 is 11.6 Å². The van der Waals surface area contributed by atoms with Crippen molar-refractivity contribution >= 4 is 23.1 Å². The molecule has 4 heterocycles. The number of benzene rings is 1. The number of anilines is 1. The molecule has 2 aromatic heterocycles. The molecule has 2 aliphatic heterocycles. The Labute approximate surface area is 151 Å². The molecule has 25 heavy (non-hydrogen) atoms. The van der Waals surface area contributed by atoms with Crippen molar-refractivity contribution in [2.75, 3.05) is 18.0 Å². The molecule has 0 amide bonds. The van der Waals surface area contributed by atoms with Crippen LogP contribution in [0.15, 0.2) is 36.7 Å². The van der Waals surface area contributed by atoms with E-state index in [2.05, 4.69) is 37.1 Å². The quantitative estimate of drug-likeness (QED) is 0.723. The summed E-state index contributed by atoms with van der Waals surface area (Å²) in [5.74, 6) is 1.86. The largest absolute Gasteiger partial charge is 0.348 e. The monoisotopic (exact) mass is 354 g/mol. The van der Waals surface area contributed by atoms with Crippen molar-refractivity contribution in [2.45, 2.75) is 32.0 Å². The van der Waals surface area contributed by atoms with Gasteiger partial charge in [0.05, 0.1) is 0 Å².